The minimum Gasteiger partial charge on any atom is -0.454 e. The predicted molar refractivity (Wildman–Crippen MR) is 100 cm³/mol. The SMILES string of the molecule is Cc1cc(C)cc(NC(=O)COC(=O)CN2C(=O)[C@@H]3[C@H]4CC[C@@H](C4)[C@H]3C2=O)c1. The number of carbonyl (C=O) groups is 4. The highest BCUT2D eigenvalue weighted by Crippen LogP contribution is 2.56. The summed E-state index contributed by atoms with van der Waals surface area (Å²) in [6.07, 6.45) is 2.92. The fraction of sp³-hybridized carbons (Fsp3) is 0.524. The van der Waals surface area contributed by atoms with Crippen molar-refractivity contribution in [3.8, 4) is 0 Å². The Hall–Kier alpha value is -2.70. The summed E-state index contributed by atoms with van der Waals surface area (Å²) < 4.78 is 4.99. The van der Waals surface area contributed by atoms with Crippen LogP contribution in [-0.2, 0) is 23.9 Å². The van der Waals surface area contributed by atoms with Gasteiger partial charge in [-0.25, -0.2) is 0 Å². The molecule has 1 saturated heterocycles. The third-order valence-electron chi connectivity index (χ3n) is 6.18. The predicted octanol–water partition coefficient (Wildman–Crippen LogP) is 1.82. The zero-order chi connectivity index (χ0) is 20.0. The molecular weight excluding hydrogens is 360 g/mol. The minimum absolute atomic E-state index is 0.251. The molecule has 7 nitrogen and oxygen atoms in total. The number of amides is 3. The van der Waals surface area contributed by atoms with E-state index in [-0.39, 0.29) is 35.5 Å². The molecule has 1 heterocycles. The first-order chi connectivity index (χ1) is 13.3. The molecule has 2 aliphatic carbocycles. The summed E-state index contributed by atoms with van der Waals surface area (Å²) in [4.78, 5) is 50.3. The molecule has 0 radical (unpaired) electrons. The molecule has 0 spiro atoms. The molecule has 148 valence electrons. The van der Waals surface area contributed by atoms with E-state index in [0.717, 1.165) is 35.3 Å². The van der Waals surface area contributed by atoms with Crippen molar-refractivity contribution < 1.29 is 23.9 Å². The number of carbonyl (C=O) groups excluding carboxylic acids is 4. The minimum atomic E-state index is -0.746. The van der Waals surface area contributed by atoms with E-state index in [4.69, 9.17) is 4.74 Å². The van der Waals surface area contributed by atoms with Crippen LogP contribution in [0, 0.1) is 37.5 Å². The molecule has 4 rings (SSSR count). The molecule has 28 heavy (non-hydrogen) atoms. The highest BCUT2D eigenvalue weighted by atomic mass is 16.5. The van der Waals surface area contributed by atoms with Crippen molar-refractivity contribution in [2.45, 2.75) is 33.1 Å². The Bertz CT molecular complexity index is 816. The van der Waals surface area contributed by atoms with Gasteiger partial charge in [0.2, 0.25) is 11.8 Å². The number of benzene rings is 1. The molecule has 2 saturated carbocycles. The van der Waals surface area contributed by atoms with Crippen LogP contribution in [0.3, 0.4) is 0 Å². The Morgan fingerprint density at radius 3 is 2.18 bits per heavy atom. The van der Waals surface area contributed by atoms with Gasteiger partial charge >= 0.3 is 5.97 Å². The molecule has 1 aliphatic heterocycles. The molecule has 7 heteroatoms. The number of nitrogens with zero attached hydrogens (tertiary/aromatic N) is 1. The van der Waals surface area contributed by atoms with Crippen molar-refractivity contribution in [3.63, 3.8) is 0 Å². The molecule has 3 fully saturated rings. The number of fused-ring (bicyclic) bond motifs is 5. The third kappa shape index (κ3) is 3.30. The Kier molecular flexibility index (Phi) is 4.69. The van der Waals surface area contributed by atoms with E-state index < -0.39 is 25.0 Å². The fourth-order valence-corrected chi connectivity index (χ4v) is 5.19. The van der Waals surface area contributed by atoms with Crippen molar-refractivity contribution >= 4 is 29.4 Å². The lowest BCUT2D eigenvalue weighted by Crippen LogP contribution is -2.38. The quantitative estimate of drug-likeness (QED) is 0.617. The van der Waals surface area contributed by atoms with E-state index >= 15 is 0 Å². The average Bonchev–Trinajstić information content (AvgIpc) is 3.29. The second-order valence-electron chi connectivity index (χ2n) is 8.23. The number of hydrogen-bond donors (Lipinski definition) is 1. The molecular formula is C21H24N2O5. The zero-order valence-electron chi connectivity index (χ0n) is 16.1. The number of ether oxygens (including phenoxy) is 1. The number of imide groups is 1. The lowest BCUT2D eigenvalue weighted by molar-refractivity contribution is -0.154. The van der Waals surface area contributed by atoms with Crippen molar-refractivity contribution in [2.24, 2.45) is 23.7 Å². The Balaban J connectivity index is 1.29. The highest BCUT2D eigenvalue weighted by molar-refractivity contribution is 6.07. The van der Waals surface area contributed by atoms with Gasteiger partial charge in [-0.05, 0) is 68.2 Å². The summed E-state index contributed by atoms with van der Waals surface area (Å²) in [6, 6.07) is 5.63. The van der Waals surface area contributed by atoms with Gasteiger partial charge in [0.1, 0.15) is 6.54 Å². The van der Waals surface area contributed by atoms with Crippen LogP contribution in [0.25, 0.3) is 0 Å². The smallest absolute Gasteiger partial charge is 0.326 e. The van der Waals surface area contributed by atoms with Crippen molar-refractivity contribution in [3.05, 3.63) is 29.3 Å². The van der Waals surface area contributed by atoms with Gasteiger partial charge in [0.15, 0.2) is 6.61 Å². The van der Waals surface area contributed by atoms with E-state index in [1.807, 2.05) is 32.0 Å². The maximum atomic E-state index is 12.6. The lowest BCUT2D eigenvalue weighted by atomic mass is 9.81. The van der Waals surface area contributed by atoms with Crippen molar-refractivity contribution in [1.29, 1.82) is 0 Å². The number of esters is 1. The van der Waals surface area contributed by atoms with Gasteiger partial charge in [0, 0.05) is 5.69 Å². The van der Waals surface area contributed by atoms with Gasteiger partial charge in [-0.1, -0.05) is 6.07 Å². The zero-order valence-corrected chi connectivity index (χ0v) is 16.1. The normalized spacial score (nSPS) is 27.9. The summed E-state index contributed by atoms with van der Waals surface area (Å²) in [5.41, 5.74) is 2.66. The molecule has 1 N–H and O–H groups in total. The Morgan fingerprint density at radius 1 is 1.04 bits per heavy atom. The average molecular weight is 384 g/mol. The van der Waals surface area contributed by atoms with E-state index in [1.54, 1.807) is 0 Å². The number of anilines is 1. The van der Waals surface area contributed by atoms with Gasteiger partial charge in [0.05, 0.1) is 11.8 Å². The van der Waals surface area contributed by atoms with Crippen molar-refractivity contribution in [1.82, 2.24) is 4.90 Å². The number of aryl methyl sites for hydroxylation is 2. The lowest BCUT2D eigenvalue weighted by Gasteiger charge is -2.19. The Labute approximate surface area is 163 Å². The maximum absolute atomic E-state index is 12.6. The van der Waals surface area contributed by atoms with Crippen LogP contribution in [0.1, 0.15) is 30.4 Å². The summed E-state index contributed by atoms with van der Waals surface area (Å²) >= 11 is 0. The first-order valence-electron chi connectivity index (χ1n) is 9.72. The second kappa shape index (κ2) is 7.04. The summed E-state index contributed by atoms with van der Waals surface area (Å²) in [7, 11) is 0. The highest BCUT2D eigenvalue weighted by Gasteiger charge is 2.61. The van der Waals surface area contributed by atoms with E-state index in [1.165, 1.54) is 0 Å². The molecule has 3 amide bonds. The van der Waals surface area contributed by atoms with E-state index in [0.29, 0.717) is 5.69 Å². The van der Waals surface area contributed by atoms with Gasteiger partial charge in [-0.15, -0.1) is 0 Å². The first-order valence-corrected chi connectivity index (χ1v) is 9.72. The third-order valence-corrected chi connectivity index (χ3v) is 6.18. The molecule has 0 unspecified atom stereocenters. The van der Waals surface area contributed by atoms with Crippen LogP contribution < -0.4 is 5.32 Å². The number of nitrogens with one attached hydrogen (secondary N) is 1. The molecule has 4 atom stereocenters. The summed E-state index contributed by atoms with van der Waals surface area (Å²) in [5.74, 6) is -1.68. The van der Waals surface area contributed by atoms with E-state index in [9.17, 15) is 19.2 Å². The van der Waals surface area contributed by atoms with Gasteiger partial charge in [-0.2, -0.15) is 0 Å². The van der Waals surface area contributed by atoms with Crippen LogP contribution >= 0.6 is 0 Å². The van der Waals surface area contributed by atoms with Crippen LogP contribution in [-0.4, -0.2) is 41.7 Å². The van der Waals surface area contributed by atoms with Crippen LogP contribution in [0.5, 0.6) is 0 Å². The molecule has 1 aromatic rings. The first kappa shape index (κ1) is 18.7. The van der Waals surface area contributed by atoms with Crippen LogP contribution in [0.2, 0.25) is 0 Å². The fourth-order valence-electron chi connectivity index (χ4n) is 5.19. The molecule has 2 bridgehead atoms. The Morgan fingerprint density at radius 2 is 1.61 bits per heavy atom. The number of rotatable bonds is 5. The largest absolute Gasteiger partial charge is 0.454 e. The van der Waals surface area contributed by atoms with Crippen molar-refractivity contribution in [2.75, 3.05) is 18.5 Å². The van der Waals surface area contributed by atoms with Gasteiger partial charge in [-0.3, -0.25) is 24.1 Å². The van der Waals surface area contributed by atoms with Gasteiger partial charge < -0.3 is 10.1 Å². The maximum Gasteiger partial charge on any atom is 0.326 e. The summed E-state index contributed by atoms with van der Waals surface area (Å²) in [5, 5.41) is 2.68. The topological polar surface area (TPSA) is 92.8 Å². The van der Waals surface area contributed by atoms with Crippen LogP contribution in [0.4, 0.5) is 5.69 Å². The summed E-state index contributed by atoms with van der Waals surface area (Å²) in [6.45, 7) is 2.98. The second-order valence-corrected chi connectivity index (χ2v) is 8.23. The number of hydrogen-bond acceptors (Lipinski definition) is 5. The van der Waals surface area contributed by atoms with Crippen LogP contribution in [0.15, 0.2) is 18.2 Å². The van der Waals surface area contributed by atoms with Gasteiger partial charge in [0.25, 0.3) is 5.91 Å². The standard InChI is InChI=1S/C21H24N2O5/c1-11-5-12(2)7-15(6-11)22-16(24)10-28-17(25)9-23-20(26)18-13-3-4-14(8-13)19(18)21(23)27/h5-7,13-14,18-19H,3-4,8-10H2,1-2H3,(H,22,24)/t13-,14-,18+,19+/m0/s1. The molecule has 3 aliphatic rings. The monoisotopic (exact) mass is 384 g/mol. The molecule has 0 aromatic heterocycles. The van der Waals surface area contributed by atoms with E-state index in [2.05, 4.69) is 5.32 Å². The number of likely N-dealkylation sites (tertiary alicyclic amines) is 1. The molecule has 1 aromatic carbocycles.